The molecule has 8 nitrogen and oxygen atoms in total. The van der Waals surface area contributed by atoms with E-state index in [0.717, 1.165) is 30.1 Å². The van der Waals surface area contributed by atoms with Crippen molar-refractivity contribution in [3.63, 3.8) is 0 Å². The van der Waals surface area contributed by atoms with Crippen molar-refractivity contribution < 1.29 is 18.3 Å². The molecule has 5 heterocycles. The molecule has 0 aliphatic carbocycles. The molecular weight excluding hydrogens is 459 g/mol. The van der Waals surface area contributed by atoms with Crippen LogP contribution in [0, 0.1) is 0 Å². The van der Waals surface area contributed by atoms with E-state index >= 15 is 0 Å². The minimum Gasteiger partial charge on any atom is -0.506 e. The van der Waals surface area contributed by atoms with Crippen LogP contribution in [0.2, 0.25) is 0 Å². The van der Waals surface area contributed by atoms with Crippen LogP contribution in [0.3, 0.4) is 0 Å². The number of nitrogens with one attached hydrogen (secondary N) is 1. The van der Waals surface area contributed by atoms with Gasteiger partial charge in [-0.15, -0.1) is 13.2 Å². The predicted octanol–water partition coefficient (Wildman–Crippen LogP) is 4.77. The lowest BCUT2D eigenvalue weighted by Gasteiger charge is -2.41. The standard InChI is InChI=1S/C24H24F3N7O/c1-22(2)8-15(9-23(3,4)32-22)17-5-6-33-13-18(31-21(33)30-17)20-19(35)7-14(10-28-20)16-11-29-34(12-16)24(25,26)27/h5-8,10-13,32,35H,9H2,1-4H3. The molecule has 0 radical (unpaired) electrons. The molecule has 0 saturated carbocycles. The van der Waals surface area contributed by atoms with Crippen molar-refractivity contribution in [2.45, 2.75) is 51.5 Å². The number of nitrogens with zero attached hydrogens (tertiary/aromatic N) is 6. The Bertz CT molecular complexity index is 1460. The molecule has 182 valence electrons. The molecule has 1 aliphatic rings. The first kappa shape index (κ1) is 23.0. The molecular formula is C24H24F3N7O. The Kier molecular flexibility index (Phi) is 5.03. The highest BCUT2D eigenvalue weighted by molar-refractivity contribution is 5.71. The maximum absolute atomic E-state index is 12.8. The Morgan fingerprint density at radius 1 is 1.03 bits per heavy atom. The molecule has 0 spiro atoms. The van der Waals surface area contributed by atoms with Gasteiger partial charge in [-0.2, -0.15) is 9.78 Å². The van der Waals surface area contributed by atoms with Gasteiger partial charge in [-0.3, -0.25) is 4.40 Å². The number of hydrogen-bond donors (Lipinski definition) is 2. The third kappa shape index (κ3) is 4.51. The average Bonchev–Trinajstić information content (AvgIpc) is 3.38. The van der Waals surface area contributed by atoms with Crippen molar-refractivity contribution in [2.75, 3.05) is 0 Å². The minimum absolute atomic E-state index is 0.0873. The van der Waals surface area contributed by atoms with E-state index in [2.05, 4.69) is 54.2 Å². The molecule has 0 aromatic carbocycles. The van der Waals surface area contributed by atoms with Gasteiger partial charge in [0.2, 0.25) is 5.78 Å². The lowest BCUT2D eigenvalue weighted by Crippen LogP contribution is -2.53. The Morgan fingerprint density at radius 3 is 2.43 bits per heavy atom. The Morgan fingerprint density at radius 2 is 1.77 bits per heavy atom. The zero-order valence-corrected chi connectivity index (χ0v) is 19.6. The maximum atomic E-state index is 12.8. The summed E-state index contributed by atoms with van der Waals surface area (Å²) < 4.78 is 40.1. The topological polar surface area (TPSA) is 93.2 Å². The van der Waals surface area contributed by atoms with Gasteiger partial charge in [-0.05, 0) is 51.8 Å². The molecule has 2 N–H and O–H groups in total. The first-order valence-electron chi connectivity index (χ1n) is 11.0. The summed E-state index contributed by atoms with van der Waals surface area (Å²) in [6.45, 7) is 8.54. The van der Waals surface area contributed by atoms with Crippen molar-refractivity contribution in [3.8, 4) is 28.3 Å². The highest BCUT2D eigenvalue weighted by Gasteiger charge is 2.33. The molecule has 4 aromatic rings. The van der Waals surface area contributed by atoms with E-state index in [1.165, 1.54) is 12.3 Å². The van der Waals surface area contributed by atoms with Gasteiger partial charge in [-0.1, -0.05) is 6.08 Å². The van der Waals surface area contributed by atoms with Crippen LogP contribution in [0.25, 0.3) is 33.9 Å². The van der Waals surface area contributed by atoms with Crippen molar-refractivity contribution >= 4 is 11.4 Å². The van der Waals surface area contributed by atoms with Gasteiger partial charge < -0.3 is 10.4 Å². The van der Waals surface area contributed by atoms with Crippen molar-refractivity contribution in [3.05, 3.63) is 54.9 Å². The van der Waals surface area contributed by atoms with Crippen LogP contribution in [0.15, 0.2) is 49.2 Å². The Balaban J connectivity index is 1.47. The smallest absolute Gasteiger partial charge is 0.504 e. The molecule has 0 amide bonds. The quantitative estimate of drug-likeness (QED) is 0.436. The number of pyridine rings is 1. The fourth-order valence-corrected chi connectivity index (χ4v) is 4.66. The summed E-state index contributed by atoms with van der Waals surface area (Å²) in [6, 6.07) is 3.27. The van der Waals surface area contributed by atoms with Crippen molar-refractivity contribution in [1.82, 2.24) is 34.4 Å². The molecule has 0 bridgehead atoms. The van der Waals surface area contributed by atoms with Crippen LogP contribution in [0.5, 0.6) is 5.75 Å². The molecule has 0 fully saturated rings. The SMILES string of the molecule is CC1(C)C=C(c2ccn3cc(-c4ncc(-c5cnn(C(F)(F)F)c5)cc4O)nc3n2)CC(C)(C)N1. The number of imidazole rings is 1. The van der Waals surface area contributed by atoms with Crippen molar-refractivity contribution in [1.29, 1.82) is 0 Å². The molecule has 0 atom stereocenters. The van der Waals surface area contributed by atoms with Crippen LogP contribution >= 0.6 is 0 Å². The molecule has 5 rings (SSSR count). The largest absolute Gasteiger partial charge is 0.506 e. The van der Waals surface area contributed by atoms with Gasteiger partial charge in [0.25, 0.3) is 0 Å². The number of halogens is 3. The summed E-state index contributed by atoms with van der Waals surface area (Å²) in [4.78, 5) is 13.5. The third-order valence-electron chi connectivity index (χ3n) is 5.77. The lowest BCUT2D eigenvalue weighted by molar-refractivity contribution is -0.212. The first-order chi connectivity index (χ1) is 16.3. The molecule has 4 aromatic heterocycles. The van der Waals surface area contributed by atoms with Gasteiger partial charge >= 0.3 is 6.30 Å². The number of hydrogen-bond acceptors (Lipinski definition) is 6. The second-order valence-electron chi connectivity index (χ2n) is 9.96. The summed E-state index contributed by atoms with van der Waals surface area (Å²) in [6.07, 6.45) is 5.19. The van der Waals surface area contributed by atoms with E-state index in [9.17, 15) is 18.3 Å². The molecule has 0 saturated heterocycles. The molecule has 0 unspecified atom stereocenters. The lowest BCUT2D eigenvalue weighted by atomic mass is 9.82. The molecule has 11 heteroatoms. The van der Waals surface area contributed by atoms with E-state index in [0.29, 0.717) is 17.0 Å². The third-order valence-corrected chi connectivity index (χ3v) is 5.77. The summed E-state index contributed by atoms with van der Waals surface area (Å²) in [7, 11) is 0. The zero-order valence-electron chi connectivity index (χ0n) is 19.6. The number of rotatable bonds is 3. The van der Waals surface area contributed by atoms with Crippen LogP contribution in [-0.4, -0.2) is 45.3 Å². The summed E-state index contributed by atoms with van der Waals surface area (Å²) in [5.41, 5.74) is 2.75. The Hall–Kier alpha value is -3.73. The van der Waals surface area contributed by atoms with E-state index in [4.69, 9.17) is 4.98 Å². The average molecular weight is 483 g/mol. The maximum Gasteiger partial charge on any atom is 0.504 e. The summed E-state index contributed by atoms with van der Waals surface area (Å²) in [5.74, 6) is 0.236. The van der Waals surface area contributed by atoms with Crippen LogP contribution < -0.4 is 5.32 Å². The normalized spacial score (nSPS) is 17.5. The van der Waals surface area contributed by atoms with Gasteiger partial charge in [0.1, 0.15) is 17.1 Å². The van der Waals surface area contributed by atoms with Gasteiger partial charge in [-0.25, -0.2) is 15.0 Å². The van der Waals surface area contributed by atoms with E-state index in [1.54, 1.807) is 10.6 Å². The second-order valence-corrected chi connectivity index (χ2v) is 9.96. The molecule has 1 aliphatic heterocycles. The highest BCUT2D eigenvalue weighted by Crippen LogP contribution is 2.34. The van der Waals surface area contributed by atoms with Crippen LogP contribution in [-0.2, 0) is 6.30 Å². The highest BCUT2D eigenvalue weighted by atomic mass is 19.4. The number of alkyl halides is 3. The predicted molar refractivity (Wildman–Crippen MR) is 124 cm³/mol. The monoisotopic (exact) mass is 483 g/mol. The van der Waals surface area contributed by atoms with Gasteiger partial charge in [0.05, 0.1) is 11.9 Å². The molecule has 35 heavy (non-hydrogen) atoms. The zero-order chi connectivity index (χ0) is 25.2. The fraction of sp³-hybridized carbons (Fsp3) is 0.333. The fourth-order valence-electron chi connectivity index (χ4n) is 4.66. The van der Waals surface area contributed by atoms with Gasteiger partial charge in [0.15, 0.2) is 0 Å². The second kappa shape index (κ2) is 7.64. The Labute approximate surface area is 199 Å². The van der Waals surface area contributed by atoms with Crippen LogP contribution in [0.1, 0.15) is 39.8 Å². The minimum atomic E-state index is -4.62. The van der Waals surface area contributed by atoms with Gasteiger partial charge in [0, 0.05) is 47.0 Å². The van der Waals surface area contributed by atoms with Crippen molar-refractivity contribution in [2.24, 2.45) is 0 Å². The van der Waals surface area contributed by atoms with E-state index in [-0.39, 0.29) is 32.8 Å². The number of fused-ring (bicyclic) bond motifs is 1. The summed E-state index contributed by atoms with van der Waals surface area (Å²) in [5, 5.41) is 17.5. The van der Waals surface area contributed by atoms with E-state index in [1.807, 2.05) is 12.3 Å². The summed E-state index contributed by atoms with van der Waals surface area (Å²) >= 11 is 0. The first-order valence-corrected chi connectivity index (χ1v) is 11.0. The van der Waals surface area contributed by atoms with E-state index < -0.39 is 6.30 Å². The number of aromatic hydroxyl groups is 1. The van der Waals surface area contributed by atoms with Crippen LogP contribution in [0.4, 0.5) is 13.2 Å². The number of aromatic nitrogens is 6.